The topological polar surface area (TPSA) is 29.3 Å². The summed E-state index contributed by atoms with van der Waals surface area (Å²) < 4.78 is 0. The third-order valence-electron chi connectivity index (χ3n) is 5.41. The zero-order valence-electron chi connectivity index (χ0n) is 13.9. The fourth-order valence-electron chi connectivity index (χ4n) is 3.92. The van der Waals surface area contributed by atoms with E-state index in [9.17, 15) is 0 Å². The molecule has 2 aliphatic rings. The Morgan fingerprint density at radius 3 is 2.25 bits per heavy atom. The lowest BCUT2D eigenvalue weighted by Gasteiger charge is -2.39. The molecule has 2 heteroatoms. The van der Waals surface area contributed by atoms with E-state index in [-0.39, 0.29) is 0 Å². The van der Waals surface area contributed by atoms with Crippen molar-refractivity contribution in [2.24, 2.45) is 16.6 Å². The van der Waals surface area contributed by atoms with E-state index < -0.39 is 0 Å². The Hall–Kier alpha value is -0.340. The zero-order chi connectivity index (χ0) is 14.6. The number of hydrogen-bond donors (Lipinski definition) is 1. The molecule has 2 N–H and O–H groups in total. The Bertz CT molecular complexity index is 330. The first-order chi connectivity index (χ1) is 9.45. The van der Waals surface area contributed by atoms with Crippen LogP contribution in [0, 0.1) is 10.8 Å². The second-order valence-corrected chi connectivity index (χ2v) is 8.08. The van der Waals surface area contributed by atoms with E-state index in [1.165, 1.54) is 58.0 Å². The van der Waals surface area contributed by atoms with E-state index in [0.717, 1.165) is 13.1 Å². The van der Waals surface area contributed by atoms with E-state index in [2.05, 4.69) is 31.7 Å². The van der Waals surface area contributed by atoms with Gasteiger partial charge in [-0.1, -0.05) is 58.1 Å². The van der Waals surface area contributed by atoms with Gasteiger partial charge in [-0.15, -0.1) is 0 Å². The first-order valence-electron chi connectivity index (χ1n) is 8.57. The molecule has 1 fully saturated rings. The van der Waals surface area contributed by atoms with Gasteiger partial charge >= 0.3 is 0 Å². The van der Waals surface area contributed by atoms with Gasteiger partial charge < -0.3 is 5.73 Å². The van der Waals surface area contributed by atoms with Gasteiger partial charge in [-0.25, -0.2) is 0 Å². The number of rotatable bonds is 3. The molecule has 1 saturated carbocycles. The van der Waals surface area contributed by atoms with Gasteiger partial charge in [0.2, 0.25) is 0 Å². The van der Waals surface area contributed by atoms with Gasteiger partial charge in [-0.3, -0.25) is 4.90 Å². The van der Waals surface area contributed by atoms with Crippen LogP contribution >= 0.6 is 0 Å². The summed E-state index contributed by atoms with van der Waals surface area (Å²) in [4.78, 5) is 2.65. The van der Waals surface area contributed by atoms with E-state index >= 15 is 0 Å². The van der Waals surface area contributed by atoms with Gasteiger partial charge in [-0.05, 0) is 36.6 Å². The lowest BCUT2D eigenvalue weighted by molar-refractivity contribution is 0.140. The maximum atomic E-state index is 6.18. The Balaban J connectivity index is 1.95. The smallest absolute Gasteiger partial charge is 0.0166 e. The van der Waals surface area contributed by atoms with E-state index in [4.69, 9.17) is 5.73 Å². The average molecular weight is 278 g/mol. The van der Waals surface area contributed by atoms with E-state index in [1.807, 2.05) is 0 Å². The molecule has 2 rings (SSSR count). The van der Waals surface area contributed by atoms with Crippen molar-refractivity contribution in [3.8, 4) is 0 Å². The highest BCUT2D eigenvalue weighted by Gasteiger charge is 2.32. The molecule has 0 spiro atoms. The molecule has 0 aromatic heterocycles. The summed E-state index contributed by atoms with van der Waals surface area (Å²) in [6.45, 7) is 11.5. The van der Waals surface area contributed by atoms with E-state index in [0.29, 0.717) is 10.8 Å². The summed E-state index contributed by atoms with van der Waals surface area (Å²) in [5.41, 5.74) is 8.57. The molecular formula is C18H34N2. The third-order valence-corrected chi connectivity index (χ3v) is 5.41. The lowest BCUT2D eigenvalue weighted by atomic mass is 9.78. The van der Waals surface area contributed by atoms with E-state index in [1.54, 1.807) is 5.57 Å². The first-order valence-corrected chi connectivity index (χ1v) is 8.57. The maximum absolute atomic E-state index is 6.18. The van der Waals surface area contributed by atoms with Crippen LogP contribution in [0.3, 0.4) is 0 Å². The second-order valence-electron chi connectivity index (χ2n) is 8.08. The van der Waals surface area contributed by atoms with Crippen molar-refractivity contribution in [3.63, 3.8) is 0 Å². The predicted molar refractivity (Wildman–Crippen MR) is 87.8 cm³/mol. The van der Waals surface area contributed by atoms with Crippen LogP contribution in [0.25, 0.3) is 0 Å². The minimum absolute atomic E-state index is 0.347. The van der Waals surface area contributed by atoms with Crippen LogP contribution in [0.5, 0.6) is 0 Å². The Morgan fingerprint density at radius 2 is 1.80 bits per heavy atom. The summed E-state index contributed by atoms with van der Waals surface area (Å²) in [5.74, 6) is 0. The third kappa shape index (κ3) is 4.08. The van der Waals surface area contributed by atoms with Crippen molar-refractivity contribution >= 4 is 0 Å². The van der Waals surface area contributed by atoms with Crippen LogP contribution in [0.1, 0.15) is 65.7 Å². The largest absolute Gasteiger partial charge is 0.330 e. The van der Waals surface area contributed by atoms with Gasteiger partial charge in [-0.2, -0.15) is 0 Å². The molecule has 1 heterocycles. The predicted octanol–water partition coefficient (Wildman–Crippen LogP) is 3.96. The van der Waals surface area contributed by atoms with Gasteiger partial charge in [0.15, 0.2) is 0 Å². The van der Waals surface area contributed by atoms with Crippen LogP contribution < -0.4 is 5.73 Å². The van der Waals surface area contributed by atoms with Crippen LogP contribution in [-0.2, 0) is 0 Å². The molecule has 0 aromatic carbocycles. The molecule has 1 aliphatic carbocycles. The minimum atomic E-state index is 0.347. The van der Waals surface area contributed by atoms with Gasteiger partial charge in [0.1, 0.15) is 0 Å². The molecule has 0 radical (unpaired) electrons. The second kappa shape index (κ2) is 6.62. The molecule has 0 aromatic rings. The molecule has 0 unspecified atom stereocenters. The van der Waals surface area contributed by atoms with Crippen molar-refractivity contribution in [2.45, 2.75) is 65.7 Å². The Morgan fingerprint density at radius 1 is 1.15 bits per heavy atom. The summed E-state index contributed by atoms with van der Waals surface area (Å²) >= 11 is 0. The molecule has 0 atom stereocenters. The highest BCUT2D eigenvalue weighted by Crippen LogP contribution is 2.36. The number of nitrogens with zero attached hydrogens (tertiary/aromatic N) is 1. The van der Waals surface area contributed by atoms with Gasteiger partial charge in [0, 0.05) is 19.6 Å². The first kappa shape index (κ1) is 16.0. The quantitative estimate of drug-likeness (QED) is 0.625. The number of nitrogens with two attached hydrogens (primary N) is 1. The monoisotopic (exact) mass is 278 g/mol. The summed E-state index contributed by atoms with van der Waals surface area (Å²) in [5, 5.41) is 0. The van der Waals surface area contributed by atoms with Gasteiger partial charge in [0.25, 0.3) is 0 Å². The van der Waals surface area contributed by atoms with Crippen LogP contribution in [-0.4, -0.2) is 31.1 Å². The normalized spacial score (nSPS) is 25.1. The maximum Gasteiger partial charge on any atom is 0.0166 e. The highest BCUT2D eigenvalue weighted by molar-refractivity contribution is 5.14. The molecule has 0 saturated heterocycles. The van der Waals surface area contributed by atoms with Crippen molar-refractivity contribution in [3.05, 3.63) is 11.6 Å². The fourth-order valence-corrected chi connectivity index (χ4v) is 3.92. The van der Waals surface area contributed by atoms with Gasteiger partial charge in [0.05, 0.1) is 0 Å². The average Bonchev–Trinajstić information content (AvgIpc) is 2.64. The molecule has 1 aliphatic heterocycles. The zero-order valence-corrected chi connectivity index (χ0v) is 13.9. The minimum Gasteiger partial charge on any atom is -0.330 e. The standard InChI is InChI=1S/C18H34N2/c1-17(2,3)16-8-12-20(13-9-16)15-18(14-19)10-6-4-5-7-11-18/h8H,4-7,9-15,19H2,1-3H3. The summed E-state index contributed by atoms with van der Waals surface area (Å²) in [6.07, 6.45) is 12.0. The number of hydrogen-bond acceptors (Lipinski definition) is 2. The summed E-state index contributed by atoms with van der Waals surface area (Å²) in [7, 11) is 0. The summed E-state index contributed by atoms with van der Waals surface area (Å²) in [6, 6.07) is 0. The fraction of sp³-hybridized carbons (Fsp3) is 0.889. The van der Waals surface area contributed by atoms with Crippen molar-refractivity contribution in [1.29, 1.82) is 0 Å². The SMILES string of the molecule is CC(C)(C)C1=CCN(CC2(CN)CCCCCC2)CC1. The molecule has 2 nitrogen and oxygen atoms in total. The van der Waals surface area contributed by atoms with Crippen LogP contribution in [0.4, 0.5) is 0 Å². The van der Waals surface area contributed by atoms with Crippen molar-refractivity contribution in [1.82, 2.24) is 4.90 Å². The Labute approximate surface area is 125 Å². The molecular weight excluding hydrogens is 244 g/mol. The molecule has 20 heavy (non-hydrogen) atoms. The molecule has 0 bridgehead atoms. The molecule has 116 valence electrons. The highest BCUT2D eigenvalue weighted by atomic mass is 15.1. The van der Waals surface area contributed by atoms with Crippen LogP contribution in [0.15, 0.2) is 11.6 Å². The van der Waals surface area contributed by atoms with Crippen LogP contribution in [0.2, 0.25) is 0 Å². The molecule has 0 amide bonds. The Kier molecular flexibility index (Phi) is 5.30. The van der Waals surface area contributed by atoms with Crippen molar-refractivity contribution in [2.75, 3.05) is 26.2 Å². The van der Waals surface area contributed by atoms with Crippen molar-refractivity contribution < 1.29 is 0 Å². The lowest BCUT2D eigenvalue weighted by Crippen LogP contribution is -2.44.